The molecule has 0 fully saturated rings. The largest absolute Gasteiger partial charge is 0.324 e. The Balaban J connectivity index is 1.60. The van der Waals surface area contributed by atoms with E-state index in [-0.39, 0.29) is 10.6 Å². The summed E-state index contributed by atoms with van der Waals surface area (Å²) in [5.74, 6) is 0.299. The van der Waals surface area contributed by atoms with Crippen LogP contribution in [0.3, 0.4) is 0 Å². The molecular weight excluding hydrogens is 365 g/mol. The van der Waals surface area contributed by atoms with Gasteiger partial charge in [0, 0.05) is 11.3 Å². The van der Waals surface area contributed by atoms with Crippen molar-refractivity contribution >= 4 is 56.4 Å². The number of anilines is 2. The summed E-state index contributed by atoms with van der Waals surface area (Å²) >= 11 is 13.2. The molecule has 8 heteroatoms. The monoisotopic (exact) mass is 373 g/mol. The minimum atomic E-state index is 0.0450. The molecule has 2 aromatic heterocycles. The van der Waals surface area contributed by atoms with Crippen molar-refractivity contribution in [3.63, 3.8) is 0 Å². The molecule has 24 heavy (non-hydrogen) atoms. The van der Waals surface area contributed by atoms with E-state index in [0.717, 1.165) is 21.8 Å². The van der Waals surface area contributed by atoms with Gasteiger partial charge in [0.05, 0.1) is 10.2 Å². The molecular formula is C16H9Cl2N5S. The van der Waals surface area contributed by atoms with Crippen molar-refractivity contribution in [2.45, 2.75) is 0 Å². The Bertz CT molecular complexity index is 963. The zero-order valence-corrected chi connectivity index (χ0v) is 14.4. The number of rotatable bonds is 3. The first-order chi connectivity index (χ1) is 11.7. The SMILES string of the molecule is Clc1nc(Cl)nc(Nc2ccc(-c3nc4ccccc4s3)cc2)n1. The standard InChI is InChI=1S/C16H9Cl2N5S/c17-14-21-15(18)23-16(22-14)19-10-7-5-9(6-8-10)13-20-11-3-1-2-4-12(11)24-13/h1-8H,(H,19,21,22,23). The Labute approximate surface area is 151 Å². The Morgan fingerprint density at radius 1 is 0.792 bits per heavy atom. The molecule has 4 aromatic rings. The van der Waals surface area contributed by atoms with Gasteiger partial charge in [-0.2, -0.15) is 15.0 Å². The lowest BCUT2D eigenvalue weighted by atomic mass is 10.2. The average molecular weight is 374 g/mol. The van der Waals surface area contributed by atoms with Crippen molar-refractivity contribution in [1.82, 2.24) is 19.9 Å². The van der Waals surface area contributed by atoms with Crippen LogP contribution in [0, 0.1) is 0 Å². The second-order valence-electron chi connectivity index (χ2n) is 4.89. The maximum absolute atomic E-state index is 5.77. The third-order valence-corrected chi connectivity index (χ3v) is 4.69. The number of aromatic nitrogens is 4. The van der Waals surface area contributed by atoms with E-state index < -0.39 is 0 Å². The van der Waals surface area contributed by atoms with Gasteiger partial charge in [0.25, 0.3) is 0 Å². The highest BCUT2D eigenvalue weighted by Gasteiger charge is 2.07. The minimum absolute atomic E-state index is 0.0450. The van der Waals surface area contributed by atoms with E-state index in [2.05, 4.69) is 31.3 Å². The summed E-state index contributed by atoms with van der Waals surface area (Å²) < 4.78 is 1.17. The molecule has 1 N–H and O–H groups in total. The number of hydrogen-bond donors (Lipinski definition) is 1. The zero-order chi connectivity index (χ0) is 16.5. The highest BCUT2D eigenvalue weighted by atomic mass is 35.5. The van der Waals surface area contributed by atoms with Gasteiger partial charge in [0.1, 0.15) is 5.01 Å². The number of nitrogens with one attached hydrogen (secondary N) is 1. The normalized spacial score (nSPS) is 10.9. The quantitative estimate of drug-likeness (QED) is 0.534. The molecule has 0 radical (unpaired) electrons. The fourth-order valence-electron chi connectivity index (χ4n) is 2.20. The molecule has 4 rings (SSSR count). The summed E-state index contributed by atoms with van der Waals surface area (Å²) in [6.45, 7) is 0. The number of halogens is 2. The predicted molar refractivity (Wildman–Crippen MR) is 98.2 cm³/mol. The van der Waals surface area contributed by atoms with Crippen molar-refractivity contribution < 1.29 is 0 Å². The first kappa shape index (κ1) is 15.3. The van der Waals surface area contributed by atoms with Crippen LogP contribution in [-0.2, 0) is 0 Å². The number of benzene rings is 2. The van der Waals surface area contributed by atoms with Crippen LogP contribution in [0.2, 0.25) is 10.6 Å². The fraction of sp³-hybridized carbons (Fsp3) is 0. The molecule has 5 nitrogen and oxygen atoms in total. The summed E-state index contributed by atoms with van der Waals surface area (Å²) in [7, 11) is 0. The molecule has 0 unspecified atom stereocenters. The molecule has 2 aromatic carbocycles. The molecule has 0 aliphatic carbocycles. The number of nitrogens with zero attached hydrogens (tertiary/aromatic N) is 4. The number of hydrogen-bond acceptors (Lipinski definition) is 6. The fourth-order valence-corrected chi connectivity index (χ4v) is 3.54. The topological polar surface area (TPSA) is 63.6 Å². The Kier molecular flexibility index (Phi) is 4.02. The lowest BCUT2D eigenvalue weighted by Crippen LogP contribution is -1.99. The van der Waals surface area contributed by atoms with Crippen molar-refractivity contribution in [1.29, 1.82) is 0 Å². The van der Waals surface area contributed by atoms with Crippen molar-refractivity contribution in [3.05, 3.63) is 59.1 Å². The minimum Gasteiger partial charge on any atom is -0.324 e. The van der Waals surface area contributed by atoms with E-state index in [4.69, 9.17) is 23.2 Å². The first-order valence-electron chi connectivity index (χ1n) is 6.97. The smallest absolute Gasteiger partial charge is 0.232 e. The lowest BCUT2D eigenvalue weighted by molar-refractivity contribution is 1.05. The Hall–Kier alpha value is -2.28. The highest BCUT2D eigenvalue weighted by molar-refractivity contribution is 7.21. The summed E-state index contributed by atoms with van der Waals surface area (Å²) in [5.41, 5.74) is 2.88. The van der Waals surface area contributed by atoms with Crippen LogP contribution in [0.25, 0.3) is 20.8 Å². The second-order valence-corrected chi connectivity index (χ2v) is 6.59. The van der Waals surface area contributed by atoms with Gasteiger partial charge in [0.2, 0.25) is 16.5 Å². The average Bonchev–Trinajstić information content (AvgIpc) is 2.98. The van der Waals surface area contributed by atoms with Crippen LogP contribution in [0.1, 0.15) is 0 Å². The van der Waals surface area contributed by atoms with Crippen LogP contribution in [0.4, 0.5) is 11.6 Å². The molecule has 0 saturated heterocycles. The van der Waals surface area contributed by atoms with Crippen LogP contribution in [0.5, 0.6) is 0 Å². The third kappa shape index (κ3) is 3.17. The van der Waals surface area contributed by atoms with Crippen LogP contribution < -0.4 is 5.32 Å². The number of para-hydroxylation sites is 1. The van der Waals surface area contributed by atoms with Gasteiger partial charge in [-0.25, -0.2) is 4.98 Å². The lowest BCUT2D eigenvalue weighted by Gasteiger charge is -2.05. The van der Waals surface area contributed by atoms with E-state index in [1.807, 2.05) is 42.5 Å². The van der Waals surface area contributed by atoms with Gasteiger partial charge in [-0.15, -0.1) is 11.3 Å². The van der Waals surface area contributed by atoms with E-state index in [1.165, 1.54) is 4.70 Å². The number of fused-ring (bicyclic) bond motifs is 1. The Morgan fingerprint density at radius 2 is 1.50 bits per heavy atom. The molecule has 0 aliphatic heterocycles. The highest BCUT2D eigenvalue weighted by Crippen LogP contribution is 2.30. The van der Waals surface area contributed by atoms with Gasteiger partial charge in [-0.1, -0.05) is 12.1 Å². The second kappa shape index (κ2) is 6.32. The molecule has 118 valence electrons. The molecule has 0 atom stereocenters. The molecule has 2 heterocycles. The zero-order valence-electron chi connectivity index (χ0n) is 12.1. The molecule has 0 aliphatic rings. The van der Waals surface area contributed by atoms with Crippen molar-refractivity contribution in [3.8, 4) is 10.6 Å². The van der Waals surface area contributed by atoms with Gasteiger partial charge in [0.15, 0.2) is 0 Å². The van der Waals surface area contributed by atoms with Gasteiger partial charge >= 0.3 is 0 Å². The first-order valence-corrected chi connectivity index (χ1v) is 8.55. The third-order valence-electron chi connectivity index (χ3n) is 3.26. The maximum Gasteiger partial charge on any atom is 0.232 e. The van der Waals surface area contributed by atoms with Crippen LogP contribution >= 0.6 is 34.5 Å². The summed E-state index contributed by atoms with van der Waals surface area (Å²) in [6.07, 6.45) is 0. The molecule has 0 amide bonds. The van der Waals surface area contributed by atoms with Gasteiger partial charge < -0.3 is 5.32 Å². The van der Waals surface area contributed by atoms with Crippen LogP contribution in [-0.4, -0.2) is 19.9 Å². The predicted octanol–water partition coefficient (Wildman–Crippen LogP) is 5.20. The van der Waals surface area contributed by atoms with E-state index in [1.54, 1.807) is 11.3 Å². The Morgan fingerprint density at radius 3 is 2.21 bits per heavy atom. The molecule has 0 saturated carbocycles. The van der Waals surface area contributed by atoms with Crippen molar-refractivity contribution in [2.24, 2.45) is 0 Å². The molecule has 0 bridgehead atoms. The van der Waals surface area contributed by atoms with Crippen LogP contribution in [0.15, 0.2) is 48.5 Å². The van der Waals surface area contributed by atoms with E-state index in [9.17, 15) is 0 Å². The summed E-state index contributed by atoms with van der Waals surface area (Å²) in [5, 5.41) is 4.11. The summed E-state index contributed by atoms with van der Waals surface area (Å²) in [4.78, 5) is 16.3. The van der Waals surface area contributed by atoms with Gasteiger partial charge in [-0.3, -0.25) is 0 Å². The van der Waals surface area contributed by atoms with Crippen molar-refractivity contribution in [2.75, 3.05) is 5.32 Å². The summed E-state index contributed by atoms with van der Waals surface area (Å²) in [6, 6.07) is 15.9. The van der Waals surface area contributed by atoms with Gasteiger partial charge in [-0.05, 0) is 59.6 Å². The van der Waals surface area contributed by atoms with E-state index >= 15 is 0 Å². The number of thiazole rings is 1. The van der Waals surface area contributed by atoms with E-state index in [0.29, 0.717) is 5.95 Å². The maximum atomic E-state index is 5.77. The molecule has 0 spiro atoms.